The summed E-state index contributed by atoms with van der Waals surface area (Å²) in [4.78, 5) is 63.4. The van der Waals surface area contributed by atoms with Crippen LogP contribution < -0.4 is 53.2 Å². The molecule has 636 valence electrons. The molecule has 5 amide bonds. The Balaban J connectivity index is 0.000000103. The number of ether oxygens (including phenoxy) is 1. The van der Waals surface area contributed by atoms with Gasteiger partial charge in [0, 0.05) is 94.3 Å². The number of piperidine rings is 5. The van der Waals surface area contributed by atoms with Gasteiger partial charge in [0.05, 0.1) is 73.6 Å². The first-order valence-corrected chi connectivity index (χ1v) is 44.0. The van der Waals surface area contributed by atoms with Crippen molar-refractivity contribution in [3.05, 3.63) is 155 Å². The highest BCUT2D eigenvalue weighted by Crippen LogP contribution is 2.54. The number of nitrogens with zero attached hydrogens (tertiary/aromatic N) is 9. The van der Waals surface area contributed by atoms with E-state index < -0.39 is 27.7 Å². The number of amides is 5. The van der Waals surface area contributed by atoms with Gasteiger partial charge in [-0.05, 0) is 283 Å². The fraction of sp³-hybridized carbons (Fsp3) is 0.570. The van der Waals surface area contributed by atoms with E-state index >= 15 is 0 Å². The van der Waals surface area contributed by atoms with Crippen molar-refractivity contribution in [1.82, 2.24) is 97.3 Å². The van der Waals surface area contributed by atoms with Crippen LogP contribution in [-0.2, 0) is 63.5 Å². The summed E-state index contributed by atoms with van der Waals surface area (Å²) in [7, 11) is 1.73. The Hall–Kier alpha value is -9.51. The molecule has 6 aromatic heterocycles. The first-order valence-electron chi connectivity index (χ1n) is 44.0. The number of nitrogens with one attached hydrogen (secondary N) is 10. The van der Waals surface area contributed by atoms with Gasteiger partial charge in [0.15, 0.2) is 5.58 Å². The molecule has 6 aliphatic heterocycles. The van der Waals surface area contributed by atoms with E-state index in [9.17, 15) is 28.4 Å². The van der Waals surface area contributed by atoms with Gasteiger partial charge in [-0.3, -0.25) is 38.0 Å². The zero-order valence-corrected chi connectivity index (χ0v) is 71.9. The molecule has 120 heavy (non-hydrogen) atoms. The molecular formula is C93H120FN19O7. The van der Waals surface area contributed by atoms with Gasteiger partial charge in [-0.1, -0.05) is 71.9 Å². The van der Waals surface area contributed by atoms with Crippen LogP contribution in [-0.4, -0.2) is 152 Å². The molecular weight excluding hydrogens is 1510 g/mol. The fourth-order valence-corrected chi connectivity index (χ4v) is 21.5. The zero-order valence-electron chi connectivity index (χ0n) is 71.9. The molecule has 12 heterocycles. The van der Waals surface area contributed by atoms with Gasteiger partial charge in [0.2, 0.25) is 29.5 Å². The lowest BCUT2D eigenvalue weighted by Crippen LogP contribution is -2.43. The van der Waals surface area contributed by atoms with Gasteiger partial charge < -0.3 is 62.4 Å². The second-order valence-corrected chi connectivity index (χ2v) is 39.3. The van der Waals surface area contributed by atoms with Gasteiger partial charge in [0.25, 0.3) is 0 Å². The molecule has 10 N–H and O–H groups in total. The van der Waals surface area contributed by atoms with Crippen LogP contribution in [0.25, 0.3) is 49.2 Å². The third-order valence-electron chi connectivity index (χ3n) is 28.5. The number of carbonyl (C=O) groups is 5. The molecule has 27 heteroatoms. The summed E-state index contributed by atoms with van der Waals surface area (Å²) < 4.78 is 33.0. The number of halogens is 1. The molecule has 0 radical (unpaired) electrons. The molecule has 10 aromatic rings. The number of aromatic nitrogens is 9. The van der Waals surface area contributed by atoms with Crippen LogP contribution >= 0.6 is 0 Å². The zero-order chi connectivity index (χ0) is 84.0. The average Bonchev–Trinajstić information content (AvgIpc) is 1.59. The summed E-state index contributed by atoms with van der Waals surface area (Å²) in [5.74, 6) is 7.16. The number of para-hydroxylation sites is 4. The summed E-state index contributed by atoms with van der Waals surface area (Å²) in [5, 5.41) is 60.0. The smallest absolute Gasteiger partial charge is 0.224 e. The Bertz CT molecular complexity index is 5550. The highest BCUT2D eigenvalue weighted by Gasteiger charge is 2.62. The second kappa shape index (κ2) is 31.1. The summed E-state index contributed by atoms with van der Waals surface area (Å²) >= 11 is 0. The van der Waals surface area contributed by atoms with Crippen molar-refractivity contribution in [2.24, 2.45) is 95.8 Å². The van der Waals surface area contributed by atoms with Crippen molar-refractivity contribution in [2.75, 3.05) is 78.7 Å². The standard InChI is InChI=1S/C21H28N4O2.C19H26N4O.C19H23N3O2.C17H21FN4O.C17H22N4O/c1-21(2,23-20(26)18-15-11-22-12-16(15)18)19-14-5-3-4-6-17(14)25(24-19)13-7-9-27-10-8-13;1-11(2)23-15-8-6-5-7-12(15)17(22-23)19(3,4)21-18(24)16-13-9-20-10-14(13)16;1-19(2,21-18(23)15-13-8-20-9-14(13)15)17-12-5-3-4-11(10-6-7-10)16(12)24-22-17;1-17(2,20-16(23)13-10-7-19-8-11(10)13)15-9-5-4-6-12(18)14(9)22(3)21-15;1-10-5-4-6-14-13(9-19-21(10)14)17(2,3)20-16(22)15-11-7-18-8-12(11)15/h3-6,13,15-16,18,22H,7-12H2,1-2H3,(H,23,26);5-8,11,13-14,16,20H,9-10H2,1-4H3,(H,21,24);3-5,10,13-15,20H,6-9H2,1-2H3,(H,21,23);4-6,10-11,13,19H,7-8H2,1-3H3,(H,20,23);4-6,9,11-12,15,18H,7-8H2,1-3H3,(H,20,22)/t15-,16+,18?;13-,14+,16?;13-,14+,15?;10-,11+,13?;11-,12+,15?. The minimum atomic E-state index is -0.644. The molecule has 0 spiro atoms. The lowest BCUT2D eigenvalue weighted by atomic mass is 9.95. The fourth-order valence-electron chi connectivity index (χ4n) is 21.5. The largest absolute Gasteiger partial charge is 0.381 e. The first kappa shape index (κ1) is 81.5. The van der Waals surface area contributed by atoms with Crippen LogP contribution in [0.3, 0.4) is 0 Å². The topological polar surface area (TPSA) is 312 Å². The number of rotatable bonds is 18. The van der Waals surface area contributed by atoms with Gasteiger partial charge in [-0.2, -0.15) is 20.4 Å². The summed E-state index contributed by atoms with van der Waals surface area (Å²) in [6.07, 6.45) is 6.30. The normalized spacial score (nSPS) is 27.3. The summed E-state index contributed by atoms with van der Waals surface area (Å²) in [5.41, 5.74) is 8.96. The number of benzene rings is 4. The third-order valence-corrected chi connectivity index (χ3v) is 28.5. The van der Waals surface area contributed by atoms with Crippen LogP contribution in [0.2, 0.25) is 0 Å². The maximum atomic E-state index is 14.1. The van der Waals surface area contributed by atoms with E-state index in [0.717, 1.165) is 164 Å². The van der Waals surface area contributed by atoms with Gasteiger partial charge in [-0.15, -0.1) is 0 Å². The Morgan fingerprint density at radius 3 is 1.32 bits per heavy atom. The molecule has 6 saturated heterocycles. The number of hydrogen-bond donors (Lipinski definition) is 10. The van der Waals surface area contributed by atoms with Crippen LogP contribution in [0.15, 0.2) is 114 Å². The quantitative estimate of drug-likeness (QED) is 0.0382. The van der Waals surface area contributed by atoms with Crippen molar-refractivity contribution < 1.29 is 37.6 Å². The van der Waals surface area contributed by atoms with E-state index in [2.05, 4.69) is 189 Å². The maximum absolute atomic E-state index is 14.1. The number of hydrogen-bond acceptors (Lipinski definition) is 17. The SMILES string of the molecule is CC(C)(NC(=O)C1[C@H]2CNC[C@@H]12)c1nn(C2CCOCC2)c2ccccc12.CC(C)(NC(=O)C1[C@H]2CNC[C@@H]12)c1noc2c(C3CC3)cccc12.CC(C)n1nc(C(C)(C)NC(=O)C2[C@H]3CNC[C@@H]23)c2ccccc21.Cc1cccc2c(C(C)(C)NC(=O)C3[C@H]4CNC[C@@H]34)cnn12.Cn1nc(C(C)(C)NC(=O)C2[C@H]3CNC[C@@H]23)c2cccc(F)c21. The van der Waals surface area contributed by atoms with E-state index in [1.807, 2.05) is 80.3 Å². The van der Waals surface area contributed by atoms with Crippen molar-refractivity contribution in [1.29, 1.82) is 0 Å². The predicted octanol–water partition coefficient (Wildman–Crippen LogP) is 10.1. The van der Waals surface area contributed by atoms with Crippen LogP contribution in [0.1, 0.15) is 166 Å². The average molecular weight is 1640 g/mol. The monoisotopic (exact) mass is 1630 g/mol. The van der Waals surface area contributed by atoms with Crippen LogP contribution in [0, 0.1) is 102 Å². The van der Waals surface area contributed by atoms with E-state index in [-0.39, 0.29) is 71.0 Å². The van der Waals surface area contributed by atoms with Gasteiger partial charge in [-0.25, -0.2) is 8.91 Å². The highest BCUT2D eigenvalue weighted by molar-refractivity contribution is 5.91. The Morgan fingerprint density at radius 2 is 0.842 bits per heavy atom. The van der Waals surface area contributed by atoms with Crippen LogP contribution in [0.4, 0.5) is 4.39 Å². The third kappa shape index (κ3) is 15.3. The molecule has 15 atom stereocenters. The number of carbonyl (C=O) groups excluding carboxylic acids is 5. The Labute approximate surface area is 700 Å². The van der Waals surface area contributed by atoms with Crippen molar-refractivity contribution in [3.8, 4) is 0 Å². The van der Waals surface area contributed by atoms with Gasteiger partial charge in [0.1, 0.15) is 17.0 Å². The van der Waals surface area contributed by atoms with Crippen molar-refractivity contribution >= 4 is 78.7 Å². The second-order valence-electron chi connectivity index (χ2n) is 39.3. The predicted molar refractivity (Wildman–Crippen MR) is 458 cm³/mol. The van der Waals surface area contributed by atoms with Crippen molar-refractivity contribution in [3.63, 3.8) is 0 Å². The lowest BCUT2D eigenvalue weighted by molar-refractivity contribution is -0.125. The summed E-state index contributed by atoms with van der Waals surface area (Å²) in [6, 6.07) is 34.6. The number of pyridine rings is 1. The lowest BCUT2D eigenvalue weighted by Gasteiger charge is -2.26. The van der Waals surface area contributed by atoms with Crippen molar-refractivity contribution in [2.45, 2.75) is 161 Å². The molecule has 4 aromatic carbocycles. The summed E-state index contributed by atoms with van der Waals surface area (Å²) in [6.45, 7) is 37.8. The minimum Gasteiger partial charge on any atom is -0.381 e. The maximum Gasteiger partial charge on any atom is 0.224 e. The Kier molecular flexibility index (Phi) is 21.1. The van der Waals surface area contributed by atoms with E-state index in [1.165, 1.54) is 24.5 Å². The molecule has 12 fully saturated rings. The highest BCUT2D eigenvalue weighted by atomic mass is 19.1. The minimum absolute atomic E-state index is 0.0849. The molecule has 22 rings (SSSR count). The van der Waals surface area contributed by atoms with E-state index in [1.54, 1.807) is 17.8 Å². The molecule has 12 aliphatic rings. The van der Waals surface area contributed by atoms with E-state index in [4.69, 9.17) is 19.5 Å². The first-order chi connectivity index (χ1) is 57.4. The molecule has 5 unspecified atom stereocenters. The van der Waals surface area contributed by atoms with E-state index in [0.29, 0.717) is 82.3 Å². The van der Waals surface area contributed by atoms with Gasteiger partial charge >= 0.3 is 0 Å². The molecule has 6 saturated carbocycles. The molecule has 6 aliphatic carbocycles. The molecule has 26 nitrogen and oxygen atoms in total. The number of fused-ring (bicyclic) bond motifs is 10. The van der Waals surface area contributed by atoms with Crippen LogP contribution in [0.5, 0.6) is 0 Å². The molecule has 0 bridgehead atoms. The Morgan fingerprint density at radius 1 is 0.450 bits per heavy atom. The number of aryl methyl sites for hydroxylation is 2.